The minimum atomic E-state index is -0.777. The zero-order chi connectivity index (χ0) is 47.2. The summed E-state index contributed by atoms with van der Waals surface area (Å²) < 4.78 is 16.8. The van der Waals surface area contributed by atoms with E-state index < -0.39 is 6.10 Å². The first-order valence-electron chi connectivity index (χ1n) is 28.1. The Balaban J connectivity index is 4.22. The van der Waals surface area contributed by atoms with E-state index in [1.165, 1.54) is 173 Å². The van der Waals surface area contributed by atoms with Crippen LogP contribution in [-0.2, 0) is 28.6 Å². The highest BCUT2D eigenvalue weighted by atomic mass is 16.6. The summed E-state index contributed by atoms with van der Waals surface area (Å²) in [6.45, 7) is 6.58. The van der Waals surface area contributed by atoms with Crippen molar-refractivity contribution in [3.8, 4) is 0 Å². The third kappa shape index (κ3) is 52.2. The van der Waals surface area contributed by atoms with Crippen LogP contribution < -0.4 is 0 Å². The van der Waals surface area contributed by atoms with Crippen molar-refractivity contribution in [2.45, 2.75) is 297 Å². The van der Waals surface area contributed by atoms with Gasteiger partial charge in [-0.25, -0.2) is 0 Å². The van der Waals surface area contributed by atoms with Crippen molar-refractivity contribution in [2.75, 3.05) is 13.2 Å². The first kappa shape index (κ1) is 62.4. The van der Waals surface area contributed by atoms with Crippen LogP contribution in [0.4, 0.5) is 0 Å². The van der Waals surface area contributed by atoms with Crippen LogP contribution in [0.15, 0.2) is 48.6 Å². The molecule has 0 saturated carbocycles. The molecule has 0 aliphatic carbocycles. The van der Waals surface area contributed by atoms with Crippen molar-refractivity contribution >= 4 is 17.9 Å². The monoisotopic (exact) mass is 911 g/mol. The molecular formula is C59H106O6. The lowest BCUT2D eigenvalue weighted by Gasteiger charge is -2.18. The van der Waals surface area contributed by atoms with Gasteiger partial charge in [-0.2, -0.15) is 0 Å². The number of unbranched alkanes of at least 4 members (excludes halogenated alkanes) is 32. The topological polar surface area (TPSA) is 78.9 Å². The maximum absolute atomic E-state index is 12.8. The molecular weight excluding hydrogens is 805 g/mol. The molecule has 0 spiro atoms. The Morgan fingerprint density at radius 1 is 0.308 bits per heavy atom. The first-order chi connectivity index (χ1) is 32.0. The molecule has 0 rings (SSSR count). The minimum Gasteiger partial charge on any atom is -0.462 e. The predicted octanol–water partition coefficient (Wildman–Crippen LogP) is 18.7. The Kier molecular flexibility index (Phi) is 51.8. The zero-order valence-corrected chi connectivity index (χ0v) is 43.3. The second kappa shape index (κ2) is 54.0. The first-order valence-corrected chi connectivity index (χ1v) is 28.1. The van der Waals surface area contributed by atoms with E-state index >= 15 is 0 Å². The highest BCUT2D eigenvalue weighted by Crippen LogP contribution is 2.15. The van der Waals surface area contributed by atoms with E-state index in [-0.39, 0.29) is 31.1 Å². The van der Waals surface area contributed by atoms with Crippen LogP contribution in [0, 0.1) is 0 Å². The third-order valence-electron chi connectivity index (χ3n) is 12.3. The second-order valence-electron chi connectivity index (χ2n) is 18.8. The molecule has 65 heavy (non-hydrogen) atoms. The van der Waals surface area contributed by atoms with Crippen LogP contribution in [0.1, 0.15) is 290 Å². The van der Waals surface area contributed by atoms with Gasteiger partial charge in [0.25, 0.3) is 0 Å². The minimum absolute atomic E-state index is 0.0777. The highest BCUT2D eigenvalue weighted by Gasteiger charge is 2.19. The molecule has 0 aromatic rings. The summed E-state index contributed by atoms with van der Waals surface area (Å²) in [5, 5.41) is 0. The van der Waals surface area contributed by atoms with Crippen LogP contribution in [0.3, 0.4) is 0 Å². The average Bonchev–Trinajstić information content (AvgIpc) is 3.30. The van der Waals surface area contributed by atoms with Crippen molar-refractivity contribution < 1.29 is 28.6 Å². The van der Waals surface area contributed by atoms with Gasteiger partial charge in [0.15, 0.2) is 6.10 Å². The van der Waals surface area contributed by atoms with Gasteiger partial charge in [0, 0.05) is 19.3 Å². The van der Waals surface area contributed by atoms with Gasteiger partial charge in [0.2, 0.25) is 0 Å². The molecule has 0 aromatic carbocycles. The molecule has 0 radical (unpaired) electrons. The van der Waals surface area contributed by atoms with Crippen molar-refractivity contribution in [3.63, 3.8) is 0 Å². The number of allylic oxidation sites excluding steroid dienone is 8. The fraction of sp³-hybridized carbons (Fsp3) is 0.814. The van der Waals surface area contributed by atoms with Gasteiger partial charge in [-0.1, -0.05) is 236 Å². The lowest BCUT2D eigenvalue weighted by atomic mass is 10.1. The number of hydrogen-bond donors (Lipinski definition) is 0. The van der Waals surface area contributed by atoms with Crippen molar-refractivity contribution in [1.82, 2.24) is 0 Å². The van der Waals surface area contributed by atoms with E-state index in [1.54, 1.807) is 0 Å². The maximum Gasteiger partial charge on any atom is 0.306 e. The summed E-state index contributed by atoms with van der Waals surface area (Å²) in [5.74, 6) is -0.889. The van der Waals surface area contributed by atoms with E-state index in [0.717, 1.165) is 77.0 Å². The van der Waals surface area contributed by atoms with Crippen LogP contribution in [0.5, 0.6) is 0 Å². The Hall–Kier alpha value is -2.63. The number of esters is 3. The van der Waals surface area contributed by atoms with Gasteiger partial charge in [-0.3, -0.25) is 14.4 Å². The van der Waals surface area contributed by atoms with Crippen LogP contribution >= 0.6 is 0 Å². The number of rotatable bonds is 51. The fourth-order valence-corrected chi connectivity index (χ4v) is 8.03. The predicted molar refractivity (Wildman–Crippen MR) is 279 cm³/mol. The van der Waals surface area contributed by atoms with E-state index in [9.17, 15) is 14.4 Å². The summed E-state index contributed by atoms with van der Waals surface area (Å²) in [4.78, 5) is 37.9. The van der Waals surface area contributed by atoms with Crippen molar-refractivity contribution in [2.24, 2.45) is 0 Å². The lowest BCUT2D eigenvalue weighted by molar-refractivity contribution is -0.167. The Bertz CT molecular complexity index is 1140. The van der Waals surface area contributed by atoms with Gasteiger partial charge < -0.3 is 14.2 Å². The summed E-state index contributed by atoms with van der Waals surface area (Å²) in [6, 6.07) is 0. The molecule has 1 unspecified atom stereocenters. The van der Waals surface area contributed by atoms with E-state index in [4.69, 9.17) is 14.2 Å². The molecule has 0 amide bonds. The molecule has 0 saturated heterocycles. The summed E-state index contributed by atoms with van der Waals surface area (Å²) >= 11 is 0. The molecule has 1 atom stereocenters. The van der Waals surface area contributed by atoms with E-state index in [1.807, 2.05) is 0 Å². The standard InChI is InChI=1S/C59H106O6/c1-4-7-10-13-16-18-20-22-24-26-28-29-31-32-34-36-38-40-43-46-49-52-58(61)64-55-56(54-63-57(60)51-48-45-42-15-12-9-6-3)65-59(62)53-50-47-44-41-39-37-35-33-30-27-25-23-21-19-17-14-11-8-5-2/h17,19,23,25-26,28,30,33,56H,4-16,18,20-22,24,27,29,31-32,34-55H2,1-3H3/b19-17-,25-23-,28-26-,33-30-. The Morgan fingerprint density at radius 3 is 0.908 bits per heavy atom. The molecule has 6 nitrogen and oxygen atoms in total. The zero-order valence-electron chi connectivity index (χ0n) is 43.3. The summed E-state index contributed by atoms with van der Waals surface area (Å²) in [6.07, 6.45) is 65.5. The quantitative estimate of drug-likeness (QED) is 0.0262. The van der Waals surface area contributed by atoms with Gasteiger partial charge >= 0.3 is 17.9 Å². The van der Waals surface area contributed by atoms with Crippen LogP contribution in [-0.4, -0.2) is 37.2 Å². The lowest BCUT2D eigenvalue weighted by Crippen LogP contribution is -2.30. The van der Waals surface area contributed by atoms with Gasteiger partial charge in [-0.05, 0) is 83.5 Å². The molecule has 0 aromatic heterocycles. The molecule has 6 heteroatoms. The Labute approximate surface area is 403 Å². The number of hydrogen-bond acceptors (Lipinski definition) is 6. The van der Waals surface area contributed by atoms with E-state index in [0.29, 0.717) is 19.3 Å². The second-order valence-corrected chi connectivity index (χ2v) is 18.8. The summed E-state index contributed by atoms with van der Waals surface area (Å²) in [7, 11) is 0. The molecule has 0 bridgehead atoms. The van der Waals surface area contributed by atoms with E-state index in [2.05, 4.69) is 69.4 Å². The number of carbonyl (C=O) groups is 3. The van der Waals surface area contributed by atoms with Gasteiger partial charge in [-0.15, -0.1) is 0 Å². The highest BCUT2D eigenvalue weighted by molar-refractivity contribution is 5.71. The van der Waals surface area contributed by atoms with Crippen LogP contribution in [0.25, 0.3) is 0 Å². The van der Waals surface area contributed by atoms with Crippen molar-refractivity contribution in [1.29, 1.82) is 0 Å². The SMILES string of the molecule is CCCCC/C=C\C/C=C\C/C=C\CCCCCCCCC(=O)OC(COC(=O)CCCCCCCCC)COC(=O)CCCCCCCCCCC/C=C\CCCCCCCCCC. The Morgan fingerprint density at radius 2 is 0.554 bits per heavy atom. The van der Waals surface area contributed by atoms with Crippen molar-refractivity contribution in [3.05, 3.63) is 48.6 Å². The smallest absolute Gasteiger partial charge is 0.306 e. The molecule has 0 heterocycles. The van der Waals surface area contributed by atoms with Gasteiger partial charge in [0.05, 0.1) is 0 Å². The largest absolute Gasteiger partial charge is 0.462 e. The third-order valence-corrected chi connectivity index (χ3v) is 12.3. The average molecular weight is 911 g/mol. The maximum atomic E-state index is 12.8. The number of ether oxygens (including phenoxy) is 3. The van der Waals surface area contributed by atoms with Crippen LogP contribution in [0.2, 0.25) is 0 Å². The molecule has 378 valence electrons. The molecule has 0 N–H and O–H groups in total. The fourth-order valence-electron chi connectivity index (χ4n) is 8.03. The normalized spacial score (nSPS) is 12.4. The summed E-state index contributed by atoms with van der Waals surface area (Å²) in [5.41, 5.74) is 0. The van der Waals surface area contributed by atoms with Gasteiger partial charge in [0.1, 0.15) is 13.2 Å². The molecule has 0 aliphatic rings. The molecule has 0 aliphatic heterocycles. The molecule has 0 fully saturated rings. The number of carbonyl (C=O) groups excluding carboxylic acids is 3.